The molecule has 0 fully saturated rings. The highest BCUT2D eigenvalue weighted by atomic mass is 79.9. The average Bonchev–Trinajstić information content (AvgIpc) is 2.81. The zero-order valence-electron chi connectivity index (χ0n) is 10.5. The lowest BCUT2D eigenvalue weighted by atomic mass is 9.98. The summed E-state index contributed by atoms with van der Waals surface area (Å²) in [4.78, 5) is 1.38. The minimum Gasteiger partial charge on any atom is -0.312 e. The van der Waals surface area contributed by atoms with Gasteiger partial charge in [0.2, 0.25) is 0 Å². The standard InChI is InChI=1S/C15H18BrNS/c1-12(13-5-3-2-4-6-13)7-8-17-10-15-9-14(16)11-18-15/h2-6,9,11-12,17H,7-8,10H2,1H3. The van der Waals surface area contributed by atoms with E-state index in [1.165, 1.54) is 21.3 Å². The molecule has 1 N–H and O–H groups in total. The van der Waals surface area contributed by atoms with Crippen LogP contribution in [0, 0.1) is 0 Å². The third-order valence-corrected chi connectivity index (χ3v) is 4.74. The number of nitrogens with one attached hydrogen (secondary N) is 1. The third-order valence-electron chi connectivity index (χ3n) is 3.04. The molecule has 96 valence electrons. The van der Waals surface area contributed by atoms with Crippen molar-refractivity contribution >= 4 is 27.3 Å². The Balaban J connectivity index is 1.69. The second-order valence-corrected chi connectivity index (χ2v) is 6.42. The Labute approximate surface area is 121 Å². The molecule has 0 spiro atoms. The van der Waals surface area contributed by atoms with Crippen molar-refractivity contribution in [1.82, 2.24) is 5.32 Å². The van der Waals surface area contributed by atoms with E-state index in [2.05, 4.69) is 69.9 Å². The largest absolute Gasteiger partial charge is 0.312 e. The Morgan fingerprint density at radius 1 is 1.28 bits per heavy atom. The van der Waals surface area contributed by atoms with Gasteiger partial charge in [-0.15, -0.1) is 11.3 Å². The molecule has 1 atom stereocenters. The van der Waals surface area contributed by atoms with Crippen molar-refractivity contribution in [2.75, 3.05) is 6.54 Å². The number of rotatable bonds is 6. The van der Waals surface area contributed by atoms with Gasteiger partial charge in [-0.25, -0.2) is 0 Å². The van der Waals surface area contributed by atoms with E-state index in [0.717, 1.165) is 13.1 Å². The van der Waals surface area contributed by atoms with E-state index in [4.69, 9.17) is 0 Å². The monoisotopic (exact) mass is 323 g/mol. The van der Waals surface area contributed by atoms with Gasteiger partial charge in [0.25, 0.3) is 0 Å². The number of halogens is 1. The highest BCUT2D eigenvalue weighted by Crippen LogP contribution is 2.20. The molecule has 2 rings (SSSR count). The molecule has 0 saturated heterocycles. The molecule has 1 heterocycles. The normalized spacial score (nSPS) is 12.6. The first-order valence-corrected chi connectivity index (χ1v) is 7.91. The number of hydrogen-bond donors (Lipinski definition) is 1. The van der Waals surface area contributed by atoms with Crippen LogP contribution in [0.1, 0.15) is 29.7 Å². The SMILES string of the molecule is CC(CCNCc1cc(Br)cs1)c1ccccc1. The number of hydrogen-bond acceptors (Lipinski definition) is 2. The van der Waals surface area contributed by atoms with Crippen molar-refractivity contribution in [2.24, 2.45) is 0 Å². The summed E-state index contributed by atoms with van der Waals surface area (Å²) in [5.41, 5.74) is 1.43. The first kappa shape index (κ1) is 13.8. The summed E-state index contributed by atoms with van der Waals surface area (Å²) in [6, 6.07) is 12.9. The van der Waals surface area contributed by atoms with Crippen LogP contribution in [0.3, 0.4) is 0 Å². The highest BCUT2D eigenvalue weighted by Gasteiger charge is 2.04. The lowest BCUT2D eigenvalue weighted by Gasteiger charge is -2.12. The maximum atomic E-state index is 3.51. The molecule has 1 unspecified atom stereocenters. The van der Waals surface area contributed by atoms with Gasteiger partial charge in [0, 0.05) is 21.3 Å². The maximum Gasteiger partial charge on any atom is 0.0300 e. The summed E-state index contributed by atoms with van der Waals surface area (Å²) in [5.74, 6) is 0.619. The zero-order chi connectivity index (χ0) is 12.8. The molecule has 18 heavy (non-hydrogen) atoms. The Morgan fingerprint density at radius 2 is 2.06 bits per heavy atom. The minimum absolute atomic E-state index is 0.619. The summed E-state index contributed by atoms with van der Waals surface area (Å²) < 4.78 is 1.18. The summed E-state index contributed by atoms with van der Waals surface area (Å²) in [5, 5.41) is 5.63. The summed E-state index contributed by atoms with van der Waals surface area (Å²) >= 11 is 5.27. The maximum absolute atomic E-state index is 3.51. The van der Waals surface area contributed by atoms with E-state index in [-0.39, 0.29) is 0 Å². The molecular formula is C15H18BrNS. The van der Waals surface area contributed by atoms with Crippen LogP contribution in [0.25, 0.3) is 0 Å². The molecule has 0 aliphatic rings. The van der Waals surface area contributed by atoms with Crippen LogP contribution in [0.2, 0.25) is 0 Å². The van der Waals surface area contributed by atoms with Gasteiger partial charge >= 0.3 is 0 Å². The Morgan fingerprint density at radius 3 is 2.72 bits per heavy atom. The molecule has 3 heteroatoms. The quantitative estimate of drug-likeness (QED) is 0.753. The molecule has 1 nitrogen and oxygen atoms in total. The van der Waals surface area contributed by atoms with Crippen LogP contribution in [0.15, 0.2) is 46.3 Å². The summed E-state index contributed by atoms with van der Waals surface area (Å²) in [7, 11) is 0. The fourth-order valence-corrected chi connectivity index (χ4v) is 3.35. The van der Waals surface area contributed by atoms with Crippen LogP contribution in [-0.4, -0.2) is 6.54 Å². The van der Waals surface area contributed by atoms with Crippen molar-refractivity contribution in [3.63, 3.8) is 0 Å². The zero-order valence-corrected chi connectivity index (χ0v) is 12.9. The highest BCUT2D eigenvalue weighted by molar-refractivity contribution is 9.10. The molecular weight excluding hydrogens is 306 g/mol. The van der Waals surface area contributed by atoms with Crippen molar-refractivity contribution in [2.45, 2.75) is 25.8 Å². The van der Waals surface area contributed by atoms with Crippen molar-refractivity contribution in [3.05, 3.63) is 56.7 Å². The van der Waals surface area contributed by atoms with Gasteiger partial charge in [-0.3, -0.25) is 0 Å². The molecule has 0 aliphatic carbocycles. The Kier molecular flexibility index (Phi) is 5.42. The lowest BCUT2D eigenvalue weighted by molar-refractivity contribution is 0.597. The Hall–Kier alpha value is -0.640. The minimum atomic E-state index is 0.619. The van der Waals surface area contributed by atoms with Gasteiger partial charge in [-0.2, -0.15) is 0 Å². The van der Waals surface area contributed by atoms with Crippen LogP contribution >= 0.6 is 27.3 Å². The predicted molar refractivity (Wildman–Crippen MR) is 83.2 cm³/mol. The molecule has 0 saturated carbocycles. The summed E-state index contributed by atoms with van der Waals surface area (Å²) in [6.45, 7) is 4.32. The van der Waals surface area contributed by atoms with Gasteiger partial charge < -0.3 is 5.32 Å². The second-order valence-electron chi connectivity index (χ2n) is 4.51. The van der Waals surface area contributed by atoms with Gasteiger partial charge in [0.1, 0.15) is 0 Å². The van der Waals surface area contributed by atoms with Crippen LogP contribution in [0.5, 0.6) is 0 Å². The van der Waals surface area contributed by atoms with E-state index < -0.39 is 0 Å². The molecule has 0 aliphatic heterocycles. The van der Waals surface area contributed by atoms with E-state index in [1.807, 2.05) is 0 Å². The van der Waals surface area contributed by atoms with Crippen molar-refractivity contribution < 1.29 is 0 Å². The lowest BCUT2D eigenvalue weighted by Crippen LogP contribution is -2.15. The van der Waals surface area contributed by atoms with Crippen LogP contribution in [0.4, 0.5) is 0 Å². The first-order chi connectivity index (χ1) is 8.75. The van der Waals surface area contributed by atoms with Crippen LogP contribution < -0.4 is 5.32 Å². The van der Waals surface area contributed by atoms with Crippen molar-refractivity contribution in [3.8, 4) is 0 Å². The number of benzene rings is 1. The Bertz CT molecular complexity index is 466. The second kappa shape index (κ2) is 7.07. The van der Waals surface area contributed by atoms with Gasteiger partial charge in [-0.1, -0.05) is 37.3 Å². The van der Waals surface area contributed by atoms with E-state index in [1.54, 1.807) is 11.3 Å². The molecule has 0 bridgehead atoms. The first-order valence-electron chi connectivity index (χ1n) is 6.24. The molecule has 0 amide bonds. The molecule has 2 aromatic rings. The number of thiophene rings is 1. The summed E-state index contributed by atoms with van der Waals surface area (Å²) in [6.07, 6.45) is 1.18. The van der Waals surface area contributed by atoms with Gasteiger partial charge in [0.05, 0.1) is 0 Å². The predicted octanol–water partition coefficient (Wildman–Crippen LogP) is 4.79. The van der Waals surface area contributed by atoms with Crippen molar-refractivity contribution in [1.29, 1.82) is 0 Å². The van der Waals surface area contributed by atoms with E-state index in [9.17, 15) is 0 Å². The third kappa shape index (κ3) is 4.23. The fourth-order valence-electron chi connectivity index (χ4n) is 1.92. The van der Waals surface area contributed by atoms with Gasteiger partial charge in [0.15, 0.2) is 0 Å². The molecule has 0 radical (unpaired) electrons. The van der Waals surface area contributed by atoms with Gasteiger partial charge in [-0.05, 0) is 46.4 Å². The fraction of sp³-hybridized carbons (Fsp3) is 0.333. The molecule has 1 aromatic carbocycles. The smallest absolute Gasteiger partial charge is 0.0300 e. The average molecular weight is 324 g/mol. The topological polar surface area (TPSA) is 12.0 Å². The van der Waals surface area contributed by atoms with Crippen LogP contribution in [-0.2, 0) is 6.54 Å². The molecule has 1 aromatic heterocycles. The van der Waals surface area contributed by atoms with E-state index in [0.29, 0.717) is 5.92 Å². The van der Waals surface area contributed by atoms with E-state index >= 15 is 0 Å².